The normalized spacial score (nSPS) is 18.0. The van der Waals surface area contributed by atoms with Gasteiger partial charge >= 0.3 is 0 Å². The number of rotatable bonds is 6. The lowest BCUT2D eigenvalue weighted by molar-refractivity contribution is -0.119. The van der Waals surface area contributed by atoms with Gasteiger partial charge < -0.3 is 15.0 Å². The SMILES string of the molecule is COCCN1C(=O)c2ccccc2[C@@H](C(=O)Nc2ccc(F)cc2Cl)[C@H]1c1cccs1. The fraction of sp³-hybridized carbons (Fsp3) is 0.217. The van der Waals surface area contributed by atoms with Gasteiger partial charge in [-0.05, 0) is 41.3 Å². The number of amides is 2. The molecule has 0 saturated carbocycles. The first-order valence-corrected chi connectivity index (χ1v) is 10.9. The summed E-state index contributed by atoms with van der Waals surface area (Å²) in [6.45, 7) is 0.682. The fourth-order valence-electron chi connectivity index (χ4n) is 3.89. The van der Waals surface area contributed by atoms with Crippen molar-refractivity contribution in [1.29, 1.82) is 0 Å². The predicted molar refractivity (Wildman–Crippen MR) is 119 cm³/mol. The van der Waals surface area contributed by atoms with Crippen LogP contribution in [0.2, 0.25) is 5.02 Å². The van der Waals surface area contributed by atoms with Crippen LogP contribution in [-0.2, 0) is 9.53 Å². The molecule has 31 heavy (non-hydrogen) atoms. The average molecular weight is 459 g/mol. The third kappa shape index (κ3) is 4.21. The average Bonchev–Trinajstić information content (AvgIpc) is 3.29. The molecule has 3 aromatic rings. The maximum atomic E-state index is 13.6. The van der Waals surface area contributed by atoms with Crippen molar-refractivity contribution < 1.29 is 18.7 Å². The number of carbonyl (C=O) groups excluding carboxylic acids is 2. The van der Waals surface area contributed by atoms with Crippen LogP contribution >= 0.6 is 22.9 Å². The maximum absolute atomic E-state index is 13.6. The number of anilines is 1. The minimum Gasteiger partial charge on any atom is -0.383 e. The molecule has 1 aliphatic rings. The summed E-state index contributed by atoms with van der Waals surface area (Å²) in [5, 5.41) is 4.86. The van der Waals surface area contributed by atoms with E-state index in [1.807, 2.05) is 23.6 Å². The van der Waals surface area contributed by atoms with Crippen LogP contribution in [-0.4, -0.2) is 37.0 Å². The van der Waals surface area contributed by atoms with Crippen molar-refractivity contribution in [3.63, 3.8) is 0 Å². The monoisotopic (exact) mass is 458 g/mol. The van der Waals surface area contributed by atoms with Gasteiger partial charge in [-0.15, -0.1) is 11.3 Å². The first-order valence-electron chi connectivity index (χ1n) is 9.69. The van der Waals surface area contributed by atoms with Crippen LogP contribution < -0.4 is 5.32 Å². The van der Waals surface area contributed by atoms with Crippen LogP contribution in [0.25, 0.3) is 0 Å². The Kier molecular flexibility index (Phi) is 6.36. The molecule has 0 unspecified atom stereocenters. The lowest BCUT2D eigenvalue weighted by Crippen LogP contribution is -2.47. The van der Waals surface area contributed by atoms with Crippen molar-refractivity contribution >= 4 is 40.4 Å². The molecule has 1 N–H and O–H groups in total. The van der Waals surface area contributed by atoms with Gasteiger partial charge in [0.15, 0.2) is 0 Å². The Bertz CT molecular complexity index is 1110. The third-order valence-corrected chi connectivity index (χ3v) is 6.54. The van der Waals surface area contributed by atoms with Gasteiger partial charge in [-0.3, -0.25) is 9.59 Å². The zero-order chi connectivity index (χ0) is 22.0. The first kappa shape index (κ1) is 21.5. The lowest BCUT2D eigenvalue weighted by Gasteiger charge is -2.41. The van der Waals surface area contributed by atoms with E-state index in [1.165, 1.54) is 23.5 Å². The number of thiophene rings is 1. The highest BCUT2D eigenvalue weighted by Crippen LogP contribution is 2.44. The molecule has 4 rings (SSSR count). The molecule has 2 amide bonds. The Morgan fingerprint density at radius 1 is 1.23 bits per heavy atom. The summed E-state index contributed by atoms with van der Waals surface area (Å²) in [4.78, 5) is 29.5. The molecule has 0 spiro atoms. The van der Waals surface area contributed by atoms with E-state index in [0.29, 0.717) is 30.0 Å². The van der Waals surface area contributed by atoms with E-state index in [2.05, 4.69) is 5.32 Å². The summed E-state index contributed by atoms with van der Waals surface area (Å²) in [7, 11) is 1.57. The number of nitrogens with one attached hydrogen (secondary N) is 1. The molecule has 8 heteroatoms. The van der Waals surface area contributed by atoms with Crippen LogP contribution in [0.1, 0.15) is 32.8 Å². The number of methoxy groups -OCH3 is 1. The summed E-state index contributed by atoms with van der Waals surface area (Å²) in [5.74, 6) is -1.63. The van der Waals surface area contributed by atoms with E-state index in [-0.39, 0.29) is 16.8 Å². The second kappa shape index (κ2) is 9.18. The van der Waals surface area contributed by atoms with E-state index >= 15 is 0 Å². The Morgan fingerprint density at radius 2 is 2.03 bits per heavy atom. The second-order valence-corrected chi connectivity index (χ2v) is 8.52. The van der Waals surface area contributed by atoms with Gasteiger partial charge in [0, 0.05) is 24.1 Å². The van der Waals surface area contributed by atoms with Gasteiger partial charge in [-0.1, -0.05) is 35.9 Å². The second-order valence-electron chi connectivity index (χ2n) is 7.13. The lowest BCUT2D eigenvalue weighted by atomic mass is 9.81. The van der Waals surface area contributed by atoms with Gasteiger partial charge in [0.25, 0.3) is 5.91 Å². The highest BCUT2D eigenvalue weighted by molar-refractivity contribution is 7.10. The Morgan fingerprint density at radius 3 is 2.74 bits per heavy atom. The molecule has 2 aromatic carbocycles. The zero-order valence-electron chi connectivity index (χ0n) is 16.7. The standard InChI is InChI=1S/C23H20ClFN2O3S/c1-30-11-10-27-21(19-7-4-12-31-19)20(15-5-2-3-6-16(15)23(27)29)22(28)26-18-9-8-14(25)13-17(18)24/h2-9,12-13,20-21H,10-11H2,1H3,(H,26,28)/t20-,21-/m1/s1. The van der Waals surface area contributed by atoms with Crippen molar-refractivity contribution in [3.8, 4) is 0 Å². The fourth-order valence-corrected chi connectivity index (χ4v) is 4.98. The summed E-state index contributed by atoms with van der Waals surface area (Å²) < 4.78 is 18.7. The Hall–Kier alpha value is -2.74. The molecule has 2 heterocycles. The highest BCUT2D eigenvalue weighted by Gasteiger charge is 2.44. The molecule has 160 valence electrons. The van der Waals surface area contributed by atoms with Gasteiger partial charge in [0.2, 0.25) is 5.91 Å². The van der Waals surface area contributed by atoms with E-state index in [0.717, 1.165) is 10.9 Å². The molecule has 0 saturated heterocycles. The number of hydrogen-bond acceptors (Lipinski definition) is 4. The molecule has 1 aliphatic heterocycles. The zero-order valence-corrected chi connectivity index (χ0v) is 18.3. The van der Waals surface area contributed by atoms with Gasteiger partial charge in [0.05, 0.1) is 29.3 Å². The van der Waals surface area contributed by atoms with E-state index in [4.69, 9.17) is 16.3 Å². The van der Waals surface area contributed by atoms with Crippen LogP contribution in [0, 0.1) is 5.82 Å². The smallest absolute Gasteiger partial charge is 0.254 e. The van der Waals surface area contributed by atoms with Crippen molar-refractivity contribution in [2.45, 2.75) is 12.0 Å². The van der Waals surface area contributed by atoms with Crippen molar-refractivity contribution in [1.82, 2.24) is 4.90 Å². The molecule has 5 nitrogen and oxygen atoms in total. The predicted octanol–water partition coefficient (Wildman–Crippen LogP) is 5.11. The molecule has 0 aliphatic carbocycles. The number of fused-ring (bicyclic) bond motifs is 1. The molecular formula is C23H20ClFN2O3S. The largest absolute Gasteiger partial charge is 0.383 e. The highest BCUT2D eigenvalue weighted by atomic mass is 35.5. The first-order chi connectivity index (χ1) is 15.0. The van der Waals surface area contributed by atoms with Crippen molar-refractivity contribution in [2.75, 3.05) is 25.6 Å². The Labute approximate surface area is 188 Å². The van der Waals surface area contributed by atoms with Gasteiger partial charge in [-0.25, -0.2) is 4.39 Å². The molecular weight excluding hydrogens is 439 g/mol. The van der Waals surface area contributed by atoms with Crippen LogP contribution in [0.3, 0.4) is 0 Å². The van der Waals surface area contributed by atoms with Crippen molar-refractivity contribution in [2.24, 2.45) is 0 Å². The number of hydrogen-bond donors (Lipinski definition) is 1. The molecule has 0 fully saturated rings. The number of ether oxygens (including phenoxy) is 1. The number of benzene rings is 2. The quantitative estimate of drug-likeness (QED) is 0.558. The minimum absolute atomic E-state index is 0.109. The molecule has 0 radical (unpaired) electrons. The van der Waals surface area contributed by atoms with E-state index in [9.17, 15) is 14.0 Å². The topological polar surface area (TPSA) is 58.6 Å². The van der Waals surface area contributed by atoms with E-state index < -0.39 is 17.8 Å². The third-order valence-electron chi connectivity index (χ3n) is 5.28. The molecule has 1 aromatic heterocycles. The van der Waals surface area contributed by atoms with Gasteiger partial charge in [0.1, 0.15) is 5.82 Å². The summed E-state index contributed by atoms with van der Waals surface area (Å²) >= 11 is 7.62. The van der Waals surface area contributed by atoms with Crippen LogP contribution in [0.15, 0.2) is 60.0 Å². The van der Waals surface area contributed by atoms with Crippen molar-refractivity contribution in [3.05, 3.63) is 86.8 Å². The summed E-state index contributed by atoms with van der Waals surface area (Å²) in [5.41, 5.74) is 1.45. The summed E-state index contributed by atoms with van der Waals surface area (Å²) in [6.07, 6.45) is 0. The summed E-state index contributed by atoms with van der Waals surface area (Å²) in [6, 6.07) is 14.3. The maximum Gasteiger partial charge on any atom is 0.254 e. The molecule has 0 bridgehead atoms. The van der Waals surface area contributed by atoms with Gasteiger partial charge in [-0.2, -0.15) is 0 Å². The van der Waals surface area contributed by atoms with Crippen LogP contribution in [0.4, 0.5) is 10.1 Å². The number of halogens is 2. The number of nitrogens with zero attached hydrogens (tertiary/aromatic N) is 1. The number of carbonyl (C=O) groups is 2. The minimum atomic E-state index is -0.675. The van der Waals surface area contributed by atoms with Crippen LogP contribution in [0.5, 0.6) is 0 Å². The Balaban J connectivity index is 1.80. The molecule has 2 atom stereocenters. The van der Waals surface area contributed by atoms with E-state index in [1.54, 1.807) is 30.2 Å².